The molecule has 1 unspecified atom stereocenters. The molecule has 0 aromatic rings. The van der Waals surface area contributed by atoms with Gasteiger partial charge in [0.15, 0.2) is 0 Å². The first-order valence-electron chi connectivity index (χ1n) is 10.4. The Labute approximate surface area is 171 Å². The predicted octanol–water partition coefficient (Wildman–Crippen LogP) is 1.52. The Bertz CT molecular complexity index is 681. The molecule has 3 saturated heterocycles. The summed E-state index contributed by atoms with van der Waals surface area (Å²) in [6, 6.07) is -0.259. The van der Waals surface area contributed by atoms with E-state index >= 15 is 0 Å². The van der Waals surface area contributed by atoms with Crippen LogP contribution in [0.5, 0.6) is 0 Å². The van der Waals surface area contributed by atoms with Crippen molar-refractivity contribution >= 4 is 23.9 Å². The van der Waals surface area contributed by atoms with Crippen LogP contribution in [-0.4, -0.2) is 95.0 Å². The average molecular weight is 408 g/mol. The standard InChI is InChI=1S/C20H32N4O5/c1-20(2,3)29-19(28)23-9-5-6-14(12-23)17(26)22-10-7-15(8-11-22)24-13-16(25)21(4)18(24)27/h14-15H,5-13H2,1-4H3. The fourth-order valence-corrected chi connectivity index (χ4v) is 4.23. The maximum atomic E-state index is 13.0. The zero-order chi connectivity index (χ0) is 21.3. The number of likely N-dealkylation sites (N-methyl/N-ethyl adjacent to an activating group) is 1. The molecule has 3 rings (SSSR count). The van der Waals surface area contributed by atoms with Gasteiger partial charge in [-0.2, -0.15) is 0 Å². The number of hydrogen-bond acceptors (Lipinski definition) is 5. The molecule has 0 bridgehead atoms. The van der Waals surface area contributed by atoms with E-state index in [1.165, 1.54) is 7.05 Å². The van der Waals surface area contributed by atoms with Crippen LogP contribution < -0.4 is 0 Å². The molecule has 0 radical (unpaired) electrons. The molecule has 0 aromatic carbocycles. The Morgan fingerprint density at radius 1 is 1.00 bits per heavy atom. The predicted molar refractivity (Wildman–Crippen MR) is 105 cm³/mol. The third-order valence-electron chi connectivity index (χ3n) is 5.85. The molecular formula is C20H32N4O5. The molecule has 0 aromatic heterocycles. The summed E-state index contributed by atoms with van der Waals surface area (Å²) in [7, 11) is 1.50. The molecular weight excluding hydrogens is 376 g/mol. The number of amides is 5. The van der Waals surface area contributed by atoms with Crippen molar-refractivity contribution in [3.63, 3.8) is 0 Å². The molecule has 3 fully saturated rings. The quantitative estimate of drug-likeness (QED) is 0.646. The van der Waals surface area contributed by atoms with Gasteiger partial charge in [0, 0.05) is 39.3 Å². The summed E-state index contributed by atoms with van der Waals surface area (Å²) >= 11 is 0. The van der Waals surface area contributed by atoms with Crippen LogP contribution in [0.4, 0.5) is 9.59 Å². The van der Waals surface area contributed by atoms with Crippen LogP contribution in [0.25, 0.3) is 0 Å². The van der Waals surface area contributed by atoms with Crippen molar-refractivity contribution in [2.24, 2.45) is 5.92 Å². The lowest BCUT2D eigenvalue weighted by Crippen LogP contribution is -2.52. The maximum absolute atomic E-state index is 13.0. The Morgan fingerprint density at radius 3 is 2.21 bits per heavy atom. The van der Waals surface area contributed by atoms with E-state index in [2.05, 4.69) is 0 Å². The lowest BCUT2D eigenvalue weighted by molar-refractivity contribution is -0.138. The van der Waals surface area contributed by atoms with E-state index in [-0.39, 0.29) is 42.4 Å². The molecule has 162 valence electrons. The average Bonchev–Trinajstić information content (AvgIpc) is 2.94. The van der Waals surface area contributed by atoms with E-state index in [9.17, 15) is 19.2 Å². The zero-order valence-electron chi connectivity index (χ0n) is 17.8. The van der Waals surface area contributed by atoms with E-state index in [1.807, 2.05) is 25.7 Å². The molecule has 0 N–H and O–H groups in total. The highest BCUT2D eigenvalue weighted by Gasteiger charge is 2.40. The summed E-state index contributed by atoms with van der Waals surface area (Å²) in [6.07, 6.45) is 2.52. The van der Waals surface area contributed by atoms with E-state index in [4.69, 9.17) is 4.74 Å². The highest BCUT2D eigenvalue weighted by molar-refractivity contribution is 6.01. The Kier molecular flexibility index (Phi) is 6.05. The Morgan fingerprint density at radius 2 is 1.66 bits per heavy atom. The highest BCUT2D eigenvalue weighted by Crippen LogP contribution is 2.25. The second kappa shape index (κ2) is 8.20. The molecule has 5 amide bonds. The van der Waals surface area contributed by atoms with E-state index < -0.39 is 5.60 Å². The number of nitrogens with zero attached hydrogens (tertiary/aromatic N) is 4. The normalized spacial score (nSPS) is 24.3. The van der Waals surface area contributed by atoms with Gasteiger partial charge in [-0.05, 0) is 46.5 Å². The van der Waals surface area contributed by atoms with Gasteiger partial charge in [-0.1, -0.05) is 0 Å². The number of rotatable bonds is 2. The number of urea groups is 1. The monoisotopic (exact) mass is 408 g/mol. The van der Waals surface area contributed by atoms with Crippen LogP contribution >= 0.6 is 0 Å². The number of carbonyl (C=O) groups excluding carboxylic acids is 4. The first-order valence-corrected chi connectivity index (χ1v) is 10.4. The van der Waals surface area contributed by atoms with Crippen molar-refractivity contribution in [1.82, 2.24) is 19.6 Å². The summed E-state index contributed by atoms with van der Waals surface area (Å²) in [5, 5.41) is 0. The third kappa shape index (κ3) is 4.82. The number of carbonyl (C=O) groups is 4. The molecule has 1 atom stereocenters. The second-order valence-corrected chi connectivity index (χ2v) is 9.19. The molecule has 9 heteroatoms. The summed E-state index contributed by atoms with van der Waals surface area (Å²) in [4.78, 5) is 55.5. The number of likely N-dealkylation sites (tertiary alicyclic amines) is 2. The largest absolute Gasteiger partial charge is 0.444 e. The minimum Gasteiger partial charge on any atom is -0.444 e. The number of piperidine rings is 2. The molecule has 0 saturated carbocycles. The molecule has 0 aliphatic carbocycles. The minimum absolute atomic E-state index is 0.00920. The van der Waals surface area contributed by atoms with E-state index in [1.54, 1.807) is 9.80 Å². The Hall–Kier alpha value is -2.32. The summed E-state index contributed by atoms with van der Waals surface area (Å²) in [6.45, 7) is 7.74. The molecule has 3 aliphatic rings. The SMILES string of the molecule is CN1C(=O)CN(C2CCN(C(=O)C3CCCN(C(=O)OC(C)(C)C)C3)CC2)C1=O. The smallest absolute Gasteiger partial charge is 0.410 e. The molecule has 0 spiro atoms. The van der Waals surface area contributed by atoms with Crippen LogP contribution in [0.15, 0.2) is 0 Å². The van der Waals surface area contributed by atoms with Crippen molar-refractivity contribution in [2.75, 3.05) is 39.8 Å². The van der Waals surface area contributed by atoms with Crippen molar-refractivity contribution < 1.29 is 23.9 Å². The first kappa shape index (κ1) is 21.4. The van der Waals surface area contributed by atoms with Crippen LogP contribution in [0.2, 0.25) is 0 Å². The van der Waals surface area contributed by atoms with Crippen LogP contribution in [0, 0.1) is 5.92 Å². The lowest BCUT2D eigenvalue weighted by Gasteiger charge is -2.39. The first-order chi connectivity index (χ1) is 13.6. The molecule has 29 heavy (non-hydrogen) atoms. The maximum Gasteiger partial charge on any atom is 0.410 e. The summed E-state index contributed by atoms with van der Waals surface area (Å²) < 4.78 is 5.44. The van der Waals surface area contributed by atoms with Gasteiger partial charge in [0.2, 0.25) is 11.8 Å². The van der Waals surface area contributed by atoms with E-state index in [0.717, 1.165) is 17.7 Å². The number of hydrogen-bond donors (Lipinski definition) is 0. The molecule has 3 aliphatic heterocycles. The van der Waals surface area contributed by atoms with Gasteiger partial charge in [0.25, 0.3) is 0 Å². The molecule has 3 heterocycles. The lowest BCUT2D eigenvalue weighted by atomic mass is 9.95. The zero-order valence-corrected chi connectivity index (χ0v) is 17.8. The van der Waals surface area contributed by atoms with Crippen molar-refractivity contribution in [2.45, 2.75) is 58.1 Å². The summed E-state index contributed by atoms with van der Waals surface area (Å²) in [5.41, 5.74) is -0.557. The van der Waals surface area contributed by atoms with Gasteiger partial charge in [0.1, 0.15) is 12.1 Å². The minimum atomic E-state index is -0.557. The van der Waals surface area contributed by atoms with Crippen molar-refractivity contribution in [3.05, 3.63) is 0 Å². The highest BCUT2D eigenvalue weighted by atomic mass is 16.6. The third-order valence-corrected chi connectivity index (χ3v) is 5.85. The molecule has 9 nitrogen and oxygen atoms in total. The van der Waals surface area contributed by atoms with Gasteiger partial charge in [-0.25, -0.2) is 9.59 Å². The number of ether oxygens (including phenoxy) is 1. The van der Waals surface area contributed by atoms with Gasteiger partial charge in [0.05, 0.1) is 5.92 Å². The van der Waals surface area contributed by atoms with E-state index in [0.29, 0.717) is 39.0 Å². The van der Waals surface area contributed by atoms with Crippen LogP contribution in [0.3, 0.4) is 0 Å². The van der Waals surface area contributed by atoms with Crippen molar-refractivity contribution in [3.8, 4) is 0 Å². The van der Waals surface area contributed by atoms with Gasteiger partial charge < -0.3 is 19.4 Å². The van der Waals surface area contributed by atoms with Crippen LogP contribution in [-0.2, 0) is 14.3 Å². The number of imide groups is 1. The fraction of sp³-hybridized carbons (Fsp3) is 0.800. The van der Waals surface area contributed by atoms with Gasteiger partial charge in [-0.15, -0.1) is 0 Å². The fourth-order valence-electron chi connectivity index (χ4n) is 4.23. The topological polar surface area (TPSA) is 90.5 Å². The van der Waals surface area contributed by atoms with Crippen LogP contribution in [0.1, 0.15) is 46.5 Å². The van der Waals surface area contributed by atoms with Crippen molar-refractivity contribution in [1.29, 1.82) is 0 Å². The van der Waals surface area contributed by atoms with Gasteiger partial charge in [-0.3, -0.25) is 14.5 Å². The Balaban J connectivity index is 1.52. The summed E-state index contributed by atoms with van der Waals surface area (Å²) in [5.74, 6) is -0.329. The second-order valence-electron chi connectivity index (χ2n) is 9.19. The van der Waals surface area contributed by atoms with Gasteiger partial charge >= 0.3 is 12.1 Å².